The van der Waals surface area contributed by atoms with Gasteiger partial charge in [-0.3, -0.25) is 9.48 Å². The molecular formula is C12H18N2O. The van der Waals surface area contributed by atoms with Crippen LogP contribution in [0.1, 0.15) is 48.4 Å². The fourth-order valence-electron chi connectivity index (χ4n) is 2.26. The van der Waals surface area contributed by atoms with Gasteiger partial charge in [0, 0.05) is 18.5 Å². The lowest BCUT2D eigenvalue weighted by Crippen LogP contribution is -2.15. The van der Waals surface area contributed by atoms with Crippen molar-refractivity contribution in [1.82, 2.24) is 9.78 Å². The zero-order chi connectivity index (χ0) is 11.0. The first-order chi connectivity index (χ1) is 7.11. The number of aryl methyl sites for hydroxylation is 2. The summed E-state index contributed by atoms with van der Waals surface area (Å²) in [6.45, 7) is 3.90. The van der Waals surface area contributed by atoms with E-state index in [0.717, 1.165) is 24.2 Å². The lowest BCUT2D eigenvalue weighted by molar-refractivity contribution is 0.0929. The zero-order valence-electron chi connectivity index (χ0n) is 9.71. The molecule has 0 radical (unpaired) electrons. The number of Topliss-reactive ketones (excluding diaryl/α,β-unsaturated/α-hetero) is 1. The van der Waals surface area contributed by atoms with Gasteiger partial charge in [0.05, 0.1) is 5.69 Å². The van der Waals surface area contributed by atoms with Crippen LogP contribution in [0.4, 0.5) is 0 Å². The molecule has 0 amide bonds. The van der Waals surface area contributed by atoms with Gasteiger partial charge in [0.25, 0.3) is 0 Å². The maximum absolute atomic E-state index is 12.0. The molecule has 1 aliphatic carbocycles. The minimum absolute atomic E-state index is 0.0615. The largest absolute Gasteiger partial charge is 0.292 e. The second-order valence-electron chi connectivity index (χ2n) is 4.62. The smallest absolute Gasteiger partial charge is 0.183 e. The Morgan fingerprint density at radius 1 is 1.33 bits per heavy atom. The van der Waals surface area contributed by atoms with Crippen molar-refractivity contribution in [3.05, 3.63) is 17.0 Å². The van der Waals surface area contributed by atoms with E-state index in [1.807, 2.05) is 20.9 Å². The molecule has 1 aromatic heterocycles. The van der Waals surface area contributed by atoms with Gasteiger partial charge < -0.3 is 0 Å². The Morgan fingerprint density at radius 3 is 2.67 bits per heavy atom. The topological polar surface area (TPSA) is 34.9 Å². The van der Waals surface area contributed by atoms with Crippen molar-refractivity contribution < 1.29 is 4.79 Å². The van der Waals surface area contributed by atoms with Crippen molar-refractivity contribution in [1.29, 1.82) is 0 Å². The molecule has 0 aliphatic heterocycles. The summed E-state index contributed by atoms with van der Waals surface area (Å²) in [6, 6.07) is 0. The Bertz CT molecular complexity index is 391. The second kappa shape index (κ2) is 3.80. The van der Waals surface area contributed by atoms with Crippen LogP contribution in [0.3, 0.4) is 0 Å². The molecule has 0 spiro atoms. The lowest BCUT2D eigenvalue weighted by atomic mass is 9.92. The first-order valence-corrected chi connectivity index (χ1v) is 5.70. The number of hydrogen-bond acceptors (Lipinski definition) is 2. The molecule has 1 aliphatic rings. The third-order valence-corrected chi connectivity index (χ3v) is 3.08. The van der Waals surface area contributed by atoms with Gasteiger partial charge in [-0.15, -0.1) is 0 Å². The van der Waals surface area contributed by atoms with Crippen LogP contribution in [-0.2, 0) is 19.9 Å². The summed E-state index contributed by atoms with van der Waals surface area (Å²) in [5, 5.41) is 4.45. The van der Waals surface area contributed by atoms with Gasteiger partial charge in [-0.1, -0.05) is 13.8 Å². The molecule has 1 aromatic rings. The summed E-state index contributed by atoms with van der Waals surface area (Å²) >= 11 is 0. The summed E-state index contributed by atoms with van der Waals surface area (Å²) in [7, 11) is 1.88. The minimum atomic E-state index is 0.0615. The molecule has 0 saturated carbocycles. The van der Waals surface area contributed by atoms with Crippen LogP contribution in [0, 0.1) is 5.92 Å². The highest BCUT2D eigenvalue weighted by Gasteiger charge is 2.24. The first kappa shape index (κ1) is 10.4. The van der Waals surface area contributed by atoms with Gasteiger partial charge in [0.15, 0.2) is 5.78 Å². The predicted octanol–water partition coefficient (Wildman–Crippen LogP) is 2.14. The Kier molecular flexibility index (Phi) is 2.63. The third kappa shape index (κ3) is 1.71. The molecule has 3 heteroatoms. The number of hydrogen-bond donors (Lipinski definition) is 0. The maximum atomic E-state index is 12.0. The van der Waals surface area contributed by atoms with Crippen LogP contribution < -0.4 is 0 Å². The summed E-state index contributed by atoms with van der Waals surface area (Å²) in [5.41, 5.74) is 3.20. The Hall–Kier alpha value is -1.12. The van der Waals surface area contributed by atoms with Gasteiger partial charge >= 0.3 is 0 Å². The maximum Gasteiger partial charge on any atom is 0.183 e. The standard InChI is InChI=1S/C12H18N2O/c1-8(2)12(15)11-9-6-4-5-7-10(9)13-14(11)3/h8H,4-7H2,1-3H3. The van der Waals surface area contributed by atoms with Crippen LogP contribution in [0.15, 0.2) is 0 Å². The molecule has 0 unspecified atom stereocenters. The molecule has 0 atom stereocenters. The van der Waals surface area contributed by atoms with Crippen molar-refractivity contribution >= 4 is 5.78 Å². The number of nitrogens with zero attached hydrogens (tertiary/aromatic N) is 2. The highest BCUT2D eigenvalue weighted by atomic mass is 16.1. The summed E-state index contributed by atoms with van der Waals surface area (Å²) in [5.74, 6) is 0.291. The monoisotopic (exact) mass is 206 g/mol. The van der Waals surface area contributed by atoms with Gasteiger partial charge in [0.1, 0.15) is 5.69 Å². The molecule has 1 heterocycles. The SMILES string of the molecule is CC(C)C(=O)c1c2c(nn1C)CCCC2. The van der Waals surface area contributed by atoms with Crippen molar-refractivity contribution in [2.45, 2.75) is 39.5 Å². The average molecular weight is 206 g/mol. The number of rotatable bonds is 2. The van der Waals surface area contributed by atoms with Crippen LogP contribution >= 0.6 is 0 Å². The minimum Gasteiger partial charge on any atom is -0.292 e. The molecule has 0 aromatic carbocycles. The fraction of sp³-hybridized carbons (Fsp3) is 0.667. The van der Waals surface area contributed by atoms with Crippen molar-refractivity contribution in [3.8, 4) is 0 Å². The number of carbonyl (C=O) groups excluding carboxylic acids is 1. The van der Waals surface area contributed by atoms with Gasteiger partial charge in [-0.05, 0) is 25.7 Å². The van der Waals surface area contributed by atoms with Crippen molar-refractivity contribution in [2.75, 3.05) is 0 Å². The van der Waals surface area contributed by atoms with E-state index in [1.54, 1.807) is 4.68 Å². The Balaban J connectivity index is 2.46. The van der Waals surface area contributed by atoms with E-state index in [4.69, 9.17) is 0 Å². The molecule has 0 fully saturated rings. The van der Waals surface area contributed by atoms with Crippen LogP contribution in [0.25, 0.3) is 0 Å². The third-order valence-electron chi connectivity index (χ3n) is 3.08. The van der Waals surface area contributed by atoms with E-state index in [1.165, 1.54) is 18.4 Å². The van der Waals surface area contributed by atoms with Crippen molar-refractivity contribution in [3.63, 3.8) is 0 Å². The summed E-state index contributed by atoms with van der Waals surface area (Å²) in [4.78, 5) is 12.0. The van der Waals surface area contributed by atoms with E-state index >= 15 is 0 Å². The number of fused-ring (bicyclic) bond motifs is 1. The molecule has 82 valence electrons. The number of carbonyl (C=O) groups is 1. The van der Waals surface area contributed by atoms with E-state index in [9.17, 15) is 4.79 Å². The first-order valence-electron chi connectivity index (χ1n) is 5.70. The Morgan fingerprint density at radius 2 is 2.00 bits per heavy atom. The molecule has 0 bridgehead atoms. The van der Waals surface area contributed by atoms with Gasteiger partial charge in [-0.2, -0.15) is 5.10 Å². The van der Waals surface area contributed by atoms with E-state index in [-0.39, 0.29) is 11.7 Å². The highest BCUT2D eigenvalue weighted by Crippen LogP contribution is 2.25. The summed E-state index contributed by atoms with van der Waals surface area (Å²) in [6.07, 6.45) is 4.46. The molecule has 15 heavy (non-hydrogen) atoms. The molecule has 3 nitrogen and oxygen atoms in total. The molecule has 0 saturated heterocycles. The lowest BCUT2D eigenvalue weighted by Gasteiger charge is -2.11. The summed E-state index contributed by atoms with van der Waals surface area (Å²) < 4.78 is 1.78. The van der Waals surface area contributed by atoms with Gasteiger partial charge in [0.2, 0.25) is 0 Å². The quantitative estimate of drug-likeness (QED) is 0.695. The van der Waals surface area contributed by atoms with Crippen LogP contribution in [0.5, 0.6) is 0 Å². The second-order valence-corrected chi connectivity index (χ2v) is 4.62. The normalized spacial score (nSPS) is 15.5. The van der Waals surface area contributed by atoms with Crippen molar-refractivity contribution in [2.24, 2.45) is 13.0 Å². The molecule has 0 N–H and O–H groups in total. The van der Waals surface area contributed by atoms with Crippen LogP contribution in [-0.4, -0.2) is 15.6 Å². The Labute approximate surface area is 90.5 Å². The van der Waals surface area contributed by atoms with E-state index in [2.05, 4.69) is 5.10 Å². The highest BCUT2D eigenvalue weighted by molar-refractivity contribution is 5.97. The fourth-order valence-corrected chi connectivity index (χ4v) is 2.26. The zero-order valence-corrected chi connectivity index (χ0v) is 9.71. The molecular weight excluding hydrogens is 188 g/mol. The average Bonchev–Trinajstić information content (AvgIpc) is 2.52. The van der Waals surface area contributed by atoms with E-state index < -0.39 is 0 Å². The number of ketones is 1. The predicted molar refractivity (Wildman–Crippen MR) is 59.0 cm³/mol. The van der Waals surface area contributed by atoms with Crippen LogP contribution in [0.2, 0.25) is 0 Å². The molecule has 2 rings (SSSR count). The number of aromatic nitrogens is 2. The van der Waals surface area contributed by atoms with Gasteiger partial charge in [-0.25, -0.2) is 0 Å². The van der Waals surface area contributed by atoms with E-state index in [0.29, 0.717) is 0 Å².